The van der Waals surface area contributed by atoms with Crippen molar-refractivity contribution in [3.05, 3.63) is 66.2 Å². The Morgan fingerprint density at radius 3 is 2.45 bits per heavy atom. The van der Waals surface area contributed by atoms with Gasteiger partial charge in [0.15, 0.2) is 0 Å². The van der Waals surface area contributed by atoms with Crippen molar-refractivity contribution in [3.63, 3.8) is 0 Å². The zero-order valence-electron chi connectivity index (χ0n) is 11.3. The van der Waals surface area contributed by atoms with Crippen LogP contribution in [-0.2, 0) is 20.1 Å². The molecule has 3 rings (SSSR count). The maximum Gasteiger partial charge on any atom is 0.138 e. The summed E-state index contributed by atoms with van der Waals surface area (Å²) in [7, 11) is 0. The van der Waals surface area contributed by atoms with Gasteiger partial charge in [0, 0.05) is 20.1 Å². The van der Waals surface area contributed by atoms with Crippen LogP contribution in [0.15, 0.2) is 49.1 Å². The van der Waals surface area contributed by atoms with Gasteiger partial charge in [-0.2, -0.15) is 29.4 Å². The molecule has 0 unspecified atom stereocenters. The smallest absolute Gasteiger partial charge is 0.138 e. The molecule has 0 saturated carbocycles. The molecule has 4 heteroatoms. The van der Waals surface area contributed by atoms with Crippen molar-refractivity contribution in [2.75, 3.05) is 0 Å². The molecule has 3 nitrogen and oxygen atoms in total. The van der Waals surface area contributed by atoms with E-state index in [-0.39, 0.29) is 20.1 Å². The number of para-hydroxylation sites is 1. The van der Waals surface area contributed by atoms with Gasteiger partial charge in [-0.1, -0.05) is 34.9 Å². The van der Waals surface area contributed by atoms with Gasteiger partial charge in [-0.05, 0) is 19.5 Å². The van der Waals surface area contributed by atoms with Gasteiger partial charge in [-0.3, -0.25) is 0 Å². The van der Waals surface area contributed by atoms with Gasteiger partial charge >= 0.3 is 0 Å². The molecule has 0 N–H and O–H groups in total. The average molecular weight is 441 g/mol. The maximum absolute atomic E-state index is 4.21. The summed E-state index contributed by atoms with van der Waals surface area (Å²) in [5.74, 6) is 0. The van der Waals surface area contributed by atoms with E-state index < -0.39 is 0 Å². The Bertz CT molecular complexity index is 685. The van der Waals surface area contributed by atoms with E-state index in [1.165, 1.54) is 23.0 Å². The van der Waals surface area contributed by atoms with Crippen LogP contribution in [0.3, 0.4) is 0 Å². The van der Waals surface area contributed by atoms with Crippen LogP contribution in [0.5, 0.6) is 0 Å². The van der Waals surface area contributed by atoms with Crippen molar-refractivity contribution in [1.29, 1.82) is 0 Å². The summed E-state index contributed by atoms with van der Waals surface area (Å²) in [6.07, 6.45) is 3.23. The van der Waals surface area contributed by atoms with E-state index >= 15 is 0 Å². The molecule has 0 amide bonds. The van der Waals surface area contributed by atoms with Gasteiger partial charge in [0.25, 0.3) is 0 Å². The molecule has 1 heterocycles. The van der Waals surface area contributed by atoms with Crippen LogP contribution in [-0.4, -0.2) is 14.8 Å². The standard InChI is InChI=1S/C16H14N3.Ir/c1-12-6-5-7-13(2)16(12)14-8-3-4-9-15(14)19-11-17-10-18-19;/h3-8,10-11H,1-2H3;/q-1;. The summed E-state index contributed by atoms with van der Waals surface area (Å²) in [5.41, 5.74) is 5.80. The molecule has 1 radical (unpaired) electrons. The first-order valence-corrected chi connectivity index (χ1v) is 6.19. The second kappa shape index (κ2) is 6.12. The van der Waals surface area contributed by atoms with E-state index in [1.807, 2.05) is 12.1 Å². The Morgan fingerprint density at radius 2 is 1.80 bits per heavy atom. The Kier molecular flexibility index (Phi) is 4.48. The number of hydrogen-bond acceptors (Lipinski definition) is 2. The zero-order valence-corrected chi connectivity index (χ0v) is 13.7. The molecule has 0 fully saturated rings. The largest absolute Gasteiger partial charge is 0.245 e. The van der Waals surface area contributed by atoms with Crippen molar-refractivity contribution in [2.45, 2.75) is 13.8 Å². The quantitative estimate of drug-likeness (QED) is 0.573. The number of rotatable bonds is 2. The minimum absolute atomic E-state index is 0. The fourth-order valence-electron chi connectivity index (χ4n) is 2.38. The predicted octanol–water partition coefficient (Wildman–Crippen LogP) is 3.35. The van der Waals surface area contributed by atoms with Crippen molar-refractivity contribution in [1.82, 2.24) is 14.8 Å². The zero-order chi connectivity index (χ0) is 13.2. The normalized spacial score (nSPS) is 10.1. The predicted molar refractivity (Wildman–Crippen MR) is 75.1 cm³/mol. The van der Waals surface area contributed by atoms with Crippen LogP contribution in [0.4, 0.5) is 0 Å². The fourth-order valence-corrected chi connectivity index (χ4v) is 2.38. The van der Waals surface area contributed by atoms with Gasteiger partial charge < -0.3 is 0 Å². The fraction of sp³-hybridized carbons (Fsp3) is 0.125. The molecule has 0 saturated heterocycles. The SMILES string of the molecule is Cc1cccc(C)c1-c1ccc[c-]c1-n1cncn1.[Ir]. The average Bonchev–Trinajstić information content (AvgIpc) is 2.93. The van der Waals surface area contributed by atoms with Crippen LogP contribution < -0.4 is 0 Å². The molecular weight excluding hydrogens is 426 g/mol. The number of benzene rings is 2. The number of aromatic nitrogens is 3. The molecule has 3 aromatic rings. The van der Waals surface area contributed by atoms with Gasteiger partial charge in [0.1, 0.15) is 12.7 Å². The number of hydrogen-bond donors (Lipinski definition) is 0. The minimum atomic E-state index is 0. The van der Waals surface area contributed by atoms with E-state index in [1.54, 1.807) is 11.0 Å². The Balaban J connectivity index is 0.00000147. The van der Waals surface area contributed by atoms with Gasteiger partial charge in [0.05, 0.1) is 0 Å². The molecule has 103 valence electrons. The molecule has 0 aliphatic rings. The van der Waals surface area contributed by atoms with E-state index in [0.29, 0.717) is 0 Å². The second-order valence-electron chi connectivity index (χ2n) is 4.54. The van der Waals surface area contributed by atoms with Crippen LogP contribution in [0.1, 0.15) is 11.1 Å². The van der Waals surface area contributed by atoms with Crippen molar-refractivity contribution >= 4 is 0 Å². The van der Waals surface area contributed by atoms with Crippen molar-refractivity contribution in [3.8, 4) is 16.8 Å². The first kappa shape index (κ1) is 14.6. The third kappa shape index (κ3) is 2.58. The number of aryl methyl sites for hydroxylation is 2. The third-order valence-electron chi connectivity index (χ3n) is 3.23. The molecule has 1 aromatic heterocycles. The summed E-state index contributed by atoms with van der Waals surface area (Å²) in [6.45, 7) is 4.25. The summed E-state index contributed by atoms with van der Waals surface area (Å²) < 4.78 is 1.75. The molecule has 2 aromatic carbocycles. The van der Waals surface area contributed by atoms with E-state index in [9.17, 15) is 0 Å². The van der Waals surface area contributed by atoms with E-state index in [4.69, 9.17) is 0 Å². The van der Waals surface area contributed by atoms with Crippen LogP contribution in [0, 0.1) is 19.9 Å². The third-order valence-corrected chi connectivity index (χ3v) is 3.23. The van der Waals surface area contributed by atoms with Crippen molar-refractivity contribution < 1.29 is 20.1 Å². The van der Waals surface area contributed by atoms with Gasteiger partial charge in [0.2, 0.25) is 0 Å². The van der Waals surface area contributed by atoms with E-state index in [0.717, 1.165) is 11.3 Å². The summed E-state index contributed by atoms with van der Waals surface area (Å²) >= 11 is 0. The van der Waals surface area contributed by atoms with Crippen LogP contribution >= 0.6 is 0 Å². The maximum atomic E-state index is 4.21. The summed E-state index contributed by atoms with van der Waals surface area (Å²) in [6, 6.07) is 15.6. The molecule has 0 spiro atoms. The number of nitrogens with zero attached hydrogens (tertiary/aromatic N) is 3. The molecule has 0 aliphatic heterocycles. The van der Waals surface area contributed by atoms with Crippen LogP contribution in [0.25, 0.3) is 16.8 Å². The van der Waals surface area contributed by atoms with E-state index in [2.05, 4.69) is 54.3 Å². The second-order valence-corrected chi connectivity index (χ2v) is 4.54. The molecule has 0 atom stereocenters. The topological polar surface area (TPSA) is 30.7 Å². The van der Waals surface area contributed by atoms with Crippen molar-refractivity contribution in [2.24, 2.45) is 0 Å². The molecule has 0 bridgehead atoms. The Labute approximate surface area is 132 Å². The summed E-state index contributed by atoms with van der Waals surface area (Å²) in [5, 5.41) is 4.21. The molecule has 0 aliphatic carbocycles. The first-order valence-electron chi connectivity index (χ1n) is 6.19. The van der Waals surface area contributed by atoms with Crippen LogP contribution in [0.2, 0.25) is 0 Å². The first-order chi connectivity index (χ1) is 9.27. The Hall–Kier alpha value is -1.77. The van der Waals surface area contributed by atoms with Gasteiger partial charge in [-0.25, -0.2) is 9.67 Å². The minimum Gasteiger partial charge on any atom is -0.245 e. The summed E-state index contributed by atoms with van der Waals surface area (Å²) in [4.78, 5) is 4.01. The monoisotopic (exact) mass is 441 g/mol. The molecular formula is C16H14IrN3-. The van der Waals surface area contributed by atoms with Gasteiger partial charge in [-0.15, -0.1) is 5.56 Å². The molecule has 20 heavy (non-hydrogen) atoms. The Morgan fingerprint density at radius 1 is 1.05 bits per heavy atom.